The molecule has 0 saturated heterocycles. The maximum atomic E-state index is 10.8. The highest BCUT2D eigenvalue weighted by atomic mass is 32.1. The van der Waals surface area contributed by atoms with Crippen molar-refractivity contribution in [1.82, 2.24) is 0 Å². The van der Waals surface area contributed by atoms with Gasteiger partial charge in [-0.2, -0.15) is 12.6 Å². The number of rotatable bonds is 4. The van der Waals surface area contributed by atoms with Gasteiger partial charge in [-0.15, -0.1) is 0 Å². The minimum Gasteiger partial charge on any atom is -0.460 e. The van der Waals surface area contributed by atoms with Crippen LogP contribution < -0.4 is 0 Å². The second-order valence-electron chi connectivity index (χ2n) is 1.78. The summed E-state index contributed by atoms with van der Waals surface area (Å²) >= 11 is 3.64. The third-order valence-corrected chi connectivity index (χ3v) is 1.13. The normalized spacial score (nSPS) is 8.83. The van der Waals surface area contributed by atoms with E-state index in [1.54, 1.807) is 6.92 Å². The van der Waals surface area contributed by atoms with Crippen LogP contribution >= 0.6 is 12.6 Å². The van der Waals surface area contributed by atoms with Crippen molar-refractivity contribution in [3.8, 4) is 0 Å². The first-order valence-electron chi connectivity index (χ1n) is 3.29. The molecule has 0 unspecified atom stereocenters. The third-order valence-electron chi connectivity index (χ3n) is 0.869. The van der Waals surface area contributed by atoms with Gasteiger partial charge in [-0.25, -0.2) is 4.79 Å². The number of carbonyl (C=O) groups is 2. The fourth-order valence-electron chi connectivity index (χ4n) is 0.423. The minimum atomic E-state index is -0.729. The molecule has 0 spiro atoms. The summed E-state index contributed by atoms with van der Waals surface area (Å²) in [6, 6.07) is 0. The predicted molar refractivity (Wildman–Crippen MR) is 45.7 cm³/mol. The lowest BCUT2D eigenvalue weighted by molar-refractivity contribution is -0.149. The number of ether oxygens (including phenoxy) is 2. The van der Waals surface area contributed by atoms with Gasteiger partial charge in [0.05, 0.1) is 12.4 Å². The Hall–Kier alpha value is -0.970. The summed E-state index contributed by atoms with van der Waals surface area (Å²) in [5.41, 5.74) is 0. The van der Waals surface area contributed by atoms with Gasteiger partial charge in [0.15, 0.2) is 0 Å². The molecular weight excluding hydrogens is 180 g/mol. The van der Waals surface area contributed by atoms with E-state index in [0.717, 1.165) is 0 Å². The van der Waals surface area contributed by atoms with Gasteiger partial charge in [0.1, 0.15) is 0 Å². The van der Waals surface area contributed by atoms with Crippen molar-refractivity contribution in [3.63, 3.8) is 0 Å². The largest absolute Gasteiger partial charge is 0.460 e. The van der Waals surface area contributed by atoms with Crippen LogP contribution in [0.15, 0.2) is 12.3 Å². The van der Waals surface area contributed by atoms with Crippen LogP contribution in [0.25, 0.3) is 0 Å². The summed E-state index contributed by atoms with van der Waals surface area (Å²) < 4.78 is 8.94. The Morgan fingerprint density at radius 1 is 1.50 bits per heavy atom. The maximum absolute atomic E-state index is 10.8. The number of esters is 2. The highest BCUT2D eigenvalue weighted by Crippen LogP contribution is 1.98. The van der Waals surface area contributed by atoms with Crippen molar-refractivity contribution in [2.75, 3.05) is 12.4 Å². The summed E-state index contributed by atoms with van der Waals surface area (Å²) in [7, 11) is 0. The molecule has 0 aromatic carbocycles. The van der Waals surface area contributed by atoms with E-state index in [-0.39, 0.29) is 18.1 Å². The SMILES string of the molecule is C=C(OC(=O)CS)C(=O)OCC. The van der Waals surface area contributed by atoms with Crippen molar-refractivity contribution < 1.29 is 19.1 Å². The zero-order valence-corrected chi connectivity index (χ0v) is 7.60. The zero-order valence-electron chi connectivity index (χ0n) is 6.70. The molecule has 0 bridgehead atoms. The molecule has 0 amide bonds. The van der Waals surface area contributed by atoms with Crippen molar-refractivity contribution in [2.45, 2.75) is 6.92 Å². The zero-order chi connectivity index (χ0) is 9.56. The molecule has 0 heterocycles. The summed E-state index contributed by atoms with van der Waals surface area (Å²) in [6.07, 6.45) is 0. The fourth-order valence-corrected chi connectivity index (χ4v) is 0.487. The third kappa shape index (κ3) is 4.02. The van der Waals surface area contributed by atoms with Gasteiger partial charge in [-0.1, -0.05) is 0 Å². The highest BCUT2D eigenvalue weighted by molar-refractivity contribution is 7.81. The van der Waals surface area contributed by atoms with E-state index >= 15 is 0 Å². The average Bonchev–Trinajstić information content (AvgIpc) is 2.04. The Morgan fingerprint density at radius 3 is 2.50 bits per heavy atom. The van der Waals surface area contributed by atoms with Crippen LogP contribution in [0.5, 0.6) is 0 Å². The van der Waals surface area contributed by atoms with E-state index < -0.39 is 11.9 Å². The molecule has 0 aromatic heterocycles. The molecule has 0 aromatic rings. The molecular formula is C7H10O4S. The van der Waals surface area contributed by atoms with Gasteiger partial charge in [-0.3, -0.25) is 4.79 Å². The van der Waals surface area contributed by atoms with E-state index in [2.05, 4.69) is 28.7 Å². The van der Waals surface area contributed by atoms with Gasteiger partial charge in [0.25, 0.3) is 0 Å². The van der Waals surface area contributed by atoms with Gasteiger partial charge >= 0.3 is 11.9 Å². The molecule has 0 aliphatic rings. The first-order chi connectivity index (χ1) is 5.61. The Bertz CT molecular complexity index is 200. The molecule has 0 saturated carbocycles. The highest BCUT2D eigenvalue weighted by Gasteiger charge is 2.12. The second kappa shape index (κ2) is 5.65. The van der Waals surface area contributed by atoms with E-state index in [1.165, 1.54) is 0 Å². The summed E-state index contributed by atoms with van der Waals surface area (Å²) in [4.78, 5) is 21.3. The Kier molecular flexibility index (Phi) is 5.19. The molecule has 5 heteroatoms. The quantitative estimate of drug-likeness (QED) is 0.304. The summed E-state index contributed by atoms with van der Waals surface area (Å²) in [5, 5.41) is 0. The summed E-state index contributed by atoms with van der Waals surface area (Å²) in [5.74, 6) is -1.77. The Labute approximate surface area is 75.9 Å². The van der Waals surface area contributed by atoms with Crippen LogP contribution in [0.2, 0.25) is 0 Å². The fraction of sp³-hybridized carbons (Fsp3) is 0.429. The van der Waals surface area contributed by atoms with Crippen LogP contribution in [0, 0.1) is 0 Å². The van der Waals surface area contributed by atoms with Crippen molar-refractivity contribution in [1.29, 1.82) is 0 Å². The van der Waals surface area contributed by atoms with Crippen molar-refractivity contribution >= 4 is 24.6 Å². The van der Waals surface area contributed by atoms with Crippen LogP contribution in [0.4, 0.5) is 0 Å². The Morgan fingerprint density at radius 2 is 2.08 bits per heavy atom. The lowest BCUT2D eigenvalue weighted by atomic mass is 10.5. The molecule has 0 radical (unpaired) electrons. The molecule has 0 fully saturated rings. The van der Waals surface area contributed by atoms with Crippen molar-refractivity contribution in [2.24, 2.45) is 0 Å². The standard InChI is InChI=1S/C7H10O4S/c1-3-10-7(9)5(2)11-6(8)4-12/h12H,2-4H2,1H3. The van der Waals surface area contributed by atoms with Gasteiger partial charge in [0.2, 0.25) is 5.76 Å². The lowest BCUT2D eigenvalue weighted by Gasteiger charge is -2.04. The number of thiol groups is 1. The molecule has 0 aliphatic carbocycles. The van der Waals surface area contributed by atoms with Crippen LogP contribution in [0.1, 0.15) is 6.92 Å². The molecule has 4 nitrogen and oxygen atoms in total. The molecule has 12 heavy (non-hydrogen) atoms. The Balaban J connectivity index is 3.87. The second-order valence-corrected chi connectivity index (χ2v) is 2.09. The van der Waals surface area contributed by atoms with E-state index in [9.17, 15) is 9.59 Å². The van der Waals surface area contributed by atoms with E-state index in [4.69, 9.17) is 0 Å². The average molecular weight is 190 g/mol. The molecule has 0 aliphatic heterocycles. The minimum absolute atomic E-state index is 0.0988. The van der Waals surface area contributed by atoms with Gasteiger partial charge in [0, 0.05) is 0 Å². The van der Waals surface area contributed by atoms with E-state index in [0.29, 0.717) is 0 Å². The maximum Gasteiger partial charge on any atom is 0.373 e. The monoisotopic (exact) mass is 190 g/mol. The molecule has 68 valence electrons. The first kappa shape index (κ1) is 11.0. The number of carbonyl (C=O) groups excluding carboxylic acids is 2. The smallest absolute Gasteiger partial charge is 0.373 e. The summed E-state index contributed by atoms with van der Waals surface area (Å²) in [6.45, 7) is 5.07. The molecule has 0 N–H and O–H groups in total. The number of hydrogen-bond acceptors (Lipinski definition) is 5. The van der Waals surface area contributed by atoms with Gasteiger partial charge < -0.3 is 9.47 Å². The predicted octanol–water partition coefficient (Wildman–Crippen LogP) is 0.536. The van der Waals surface area contributed by atoms with Crippen LogP contribution in [-0.2, 0) is 19.1 Å². The van der Waals surface area contributed by atoms with Gasteiger partial charge in [-0.05, 0) is 13.5 Å². The lowest BCUT2D eigenvalue weighted by Crippen LogP contribution is -2.14. The molecule has 0 atom stereocenters. The van der Waals surface area contributed by atoms with E-state index in [1.807, 2.05) is 0 Å². The van der Waals surface area contributed by atoms with Crippen LogP contribution in [0.3, 0.4) is 0 Å². The topological polar surface area (TPSA) is 52.6 Å². The number of hydrogen-bond donors (Lipinski definition) is 1. The van der Waals surface area contributed by atoms with Crippen LogP contribution in [-0.4, -0.2) is 24.3 Å². The molecule has 0 rings (SSSR count). The first-order valence-corrected chi connectivity index (χ1v) is 3.92. The van der Waals surface area contributed by atoms with Crippen molar-refractivity contribution in [3.05, 3.63) is 12.3 Å².